The Hall–Kier alpha value is -3.36. The van der Waals surface area contributed by atoms with Gasteiger partial charge in [0.05, 0.1) is 30.2 Å². The summed E-state index contributed by atoms with van der Waals surface area (Å²) >= 11 is 0. The molecule has 3 aliphatic heterocycles. The molecule has 3 aliphatic rings. The largest absolute Gasteiger partial charge is 0.379 e. The molecule has 1 N–H and O–H groups in total. The lowest BCUT2D eigenvalue weighted by molar-refractivity contribution is -0.121. The molecule has 182 valence electrons. The van der Waals surface area contributed by atoms with E-state index in [1.54, 1.807) is 0 Å². The van der Waals surface area contributed by atoms with E-state index in [1.165, 1.54) is 10.9 Å². The van der Waals surface area contributed by atoms with E-state index in [4.69, 9.17) is 4.74 Å². The number of hydrogen-bond donors (Lipinski definition) is 1. The molecule has 8 nitrogen and oxygen atoms in total. The minimum absolute atomic E-state index is 0.0101. The maximum Gasteiger partial charge on any atom is 0.257 e. The minimum atomic E-state index is -0.241. The highest BCUT2D eigenvalue weighted by molar-refractivity contribution is 6.02. The highest BCUT2D eigenvalue weighted by Gasteiger charge is 2.42. The van der Waals surface area contributed by atoms with Gasteiger partial charge in [0.1, 0.15) is 12.7 Å². The number of ether oxygens (including phenoxy) is 1. The van der Waals surface area contributed by atoms with Crippen LogP contribution < -0.4 is 10.2 Å². The normalized spacial score (nSPS) is 19.9. The second-order valence-corrected chi connectivity index (χ2v) is 9.52. The summed E-state index contributed by atoms with van der Waals surface area (Å²) in [6.45, 7) is 5.65. The molecular weight excluding hydrogens is 442 g/mol. The van der Waals surface area contributed by atoms with Gasteiger partial charge in [-0.05, 0) is 30.2 Å². The highest BCUT2D eigenvalue weighted by Crippen LogP contribution is 2.44. The monoisotopic (exact) mass is 473 g/mol. The second-order valence-electron chi connectivity index (χ2n) is 9.52. The third kappa shape index (κ3) is 3.77. The van der Waals surface area contributed by atoms with Gasteiger partial charge >= 0.3 is 0 Å². The van der Waals surface area contributed by atoms with Crippen molar-refractivity contribution < 1.29 is 14.3 Å². The predicted molar refractivity (Wildman–Crippen MR) is 135 cm³/mol. The standard InChI is InChI=1S/C27H31N5O3/c1-29-22-8-4-3-7-21(22)27(34)31-12-10-20-19-6-2-5-9-23(19)32(25(20)26(29)31)18-24(33)28-11-13-30-14-16-35-17-15-30/h2-9,26H,10-18H2,1H3,(H,28,33)/t26-/m1/s1. The molecule has 0 aliphatic carbocycles. The Balaban J connectivity index is 1.32. The number of aromatic nitrogens is 1. The minimum Gasteiger partial charge on any atom is -0.379 e. The molecule has 0 unspecified atom stereocenters. The van der Waals surface area contributed by atoms with E-state index in [0.717, 1.165) is 61.7 Å². The number of anilines is 1. The van der Waals surface area contributed by atoms with Crippen LogP contribution in [0, 0.1) is 0 Å². The molecule has 0 radical (unpaired) electrons. The third-order valence-corrected chi connectivity index (χ3v) is 7.56. The SMILES string of the molecule is CN1c2ccccc2C(=O)N2CCc3c(n(CC(=O)NCCN4CCOCC4)c4ccccc34)[C@@H]21. The molecule has 2 aromatic carbocycles. The molecule has 8 heteroatoms. The number of para-hydroxylation sites is 2. The van der Waals surface area contributed by atoms with Crippen molar-refractivity contribution in [3.05, 3.63) is 65.4 Å². The summed E-state index contributed by atoms with van der Waals surface area (Å²) in [6, 6.07) is 16.1. The first-order chi connectivity index (χ1) is 17.1. The number of amides is 2. The summed E-state index contributed by atoms with van der Waals surface area (Å²) in [4.78, 5) is 33.0. The number of carbonyl (C=O) groups excluding carboxylic acids is 2. The predicted octanol–water partition coefficient (Wildman–Crippen LogP) is 2.24. The number of fused-ring (bicyclic) bond motifs is 6. The van der Waals surface area contributed by atoms with E-state index in [1.807, 2.05) is 48.3 Å². The van der Waals surface area contributed by atoms with Gasteiger partial charge in [-0.2, -0.15) is 0 Å². The Bertz CT molecular complexity index is 1280. The maximum atomic E-state index is 13.4. The molecule has 0 bridgehead atoms. The number of hydrogen-bond acceptors (Lipinski definition) is 5. The first-order valence-corrected chi connectivity index (χ1v) is 12.4. The van der Waals surface area contributed by atoms with E-state index >= 15 is 0 Å². The molecule has 0 saturated carbocycles. The molecule has 1 aromatic heterocycles. The Kier molecular flexibility index (Phi) is 5.70. The topological polar surface area (TPSA) is 70.1 Å². The lowest BCUT2D eigenvalue weighted by Gasteiger charge is -2.46. The molecular formula is C27H31N5O3. The van der Waals surface area contributed by atoms with Gasteiger partial charge in [0.15, 0.2) is 0 Å². The van der Waals surface area contributed by atoms with Crippen molar-refractivity contribution in [3.63, 3.8) is 0 Å². The van der Waals surface area contributed by atoms with E-state index in [9.17, 15) is 9.59 Å². The van der Waals surface area contributed by atoms with Crippen molar-refractivity contribution in [3.8, 4) is 0 Å². The molecule has 3 aromatic rings. The fourth-order valence-corrected chi connectivity index (χ4v) is 5.86. The lowest BCUT2D eigenvalue weighted by atomic mass is 9.96. The van der Waals surface area contributed by atoms with Crippen molar-refractivity contribution in [1.29, 1.82) is 0 Å². The molecule has 2 amide bonds. The highest BCUT2D eigenvalue weighted by atomic mass is 16.5. The van der Waals surface area contributed by atoms with Crippen molar-refractivity contribution in [2.45, 2.75) is 19.1 Å². The van der Waals surface area contributed by atoms with Gasteiger partial charge in [0.2, 0.25) is 5.91 Å². The van der Waals surface area contributed by atoms with Crippen LogP contribution in [-0.4, -0.2) is 79.2 Å². The Labute approximate surface area is 205 Å². The van der Waals surface area contributed by atoms with Crippen LogP contribution in [0.5, 0.6) is 0 Å². The summed E-state index contributed by atoms with van der Waals surface area (Å²) in [6.07, 6.45) is 0.537. The Morgan fingerprint density at radius 3 is 2.69 bits per heavy atom. The molecule has 1 fully saturated rings. The summed E-state index contributed by atoms with van der Waals surface area (Å²) in [5.41, 5.74) is 4.99. The van der Waals surface area contributed by atoms with Crippen molar-refractivity contribution in [2.75, 3.05) is 57.9 Å². The number of carbonyl (C=O) groups is 2. The smallest absolute Gasteiger partial charge is 0.257 e. The zero-order chi connectivity index (χ0) is 23.9. The molecule has 4 heterocycles. The number of benzene rings is 2. The lowest BCUT2D eigenvalue weighted by Crippen LogP contribution is -2.51. The van der Waals surface area contributed by atoms with Gasteiger partial charge in [-0.3, -0.25) is 14.5 Å². The van der Waals surface area contributed by atoms with Gasteiger partial charge < -0.3 is 24.4 Å². The second kappa shape index (κ2) is 9.02. The van der Waals surface area contributed by atoms with E-state index < -0.39 is 0 Å². The first kappa shape index (κ1) is 22.1. The molecule has 6 rings (SSSR count). The zero-order valence-corrected chi connectivity index (χ0v) is 20.1. The van der Waals surface area contributed by atoms with Crippen LogP contribution in [0.15, 0.2) is 48.5 Å². The van der Waals surface area contributed by atoms with Crippen LogP contribution in [0.3, 0.4) is 0 Å². The zero-order valence-electron chi connectivity index (χ0n) is 20.1. The quantitative estimate of drug-likeness (QED) is 0.616. The number of nitrogens with zero attached hydrogens (tertiary/aromatic N) is 4. The van der Waals surface area contributed by atoms with Crippen LogP contribution in [0.4, 0.5) is 5.69 Å². The summed E-state index contributed by atoms with van der Waals surface area (Å²) < 4.78 is 7.54. The Morgan fingerprint density at radius 1 is 1.06 bits per heavy atom. The van der Waals surface area contributed by atoms with Crippen LogP contribution in [-0.2, 0) is 22.5 Å². The summed E-state index contributed by atoms with van der Waals surface area (Å²) in [7, 11) is 2.04. The van der Waals surface area contributed by atoms with E-state index in [2.05, 4.69) is 31.8 Å². The van der Waals surface area contributed by atoms with Crippen LogP contribution in [0.25, 0.3) is 10.9 Å². The fourth-order valence-electron chi connectivity index (χ4n) is 5.86. The maximum absolute atomic E-state index is 13.4. The van der Waals surface area contributed by atoms with Crippen LogP contribution in [0.2, 0.25) is 0 Å². The van der Waals surface area contributed by atoms with E-state index in [0.29, 0.717) is 13.1 Å². The fraction of sp³-hybridized carbons (Fsp3) is 0.407. The van der Waals surface area contributed by atoms with Crippen molar-refractivity contribution >= 4 is 28.4 Å². The van der Waals surface area contributed by atoms with Gasteiger partial charge in [0.25, 0.3) is 5.91 Å². The average molecular weight is 474 g/mol. The van der Waals surface area contributed by atoms with Crippen molar-refractivity contribution in [1.82, 2.24) is 19.7 Å². The number of nitrogens with one attached hydrogen (secondary N) is 1. The van der Waals surface area contributed by atoms with Gasteiger partial charge in [0, 0.05) is 50.7 Å². The number of rotatable bonds is 5. The Morgan fingerprint density at radius 2 is 1.83 bits per heavy atom. The number of morpholine rings is 1. The van der Waals surface area contributed by atoms with E-state index in [-0.39, 0.29) is 24.5 Å². The summed E-state index contributed by atoms with van der Waals surface area (Å²) in [5.74, 6) is 0.0465. The first-order valence-electron chi connectivity index (χ1n) is 12.4. The van der Waals surface area contributed by atoms with Gasteiger partial charge in [-0.25, -0.2) is 0 Å². The van der Waals surface area contributed by atoms with Gasteiger partial charge in [-0.1, -0.05) is 30.3 Å². The summed E-state index contributed by atoms with van der Waals surface area (Å²) in [5, 5.41) is 4.28. The van der Waals surface area contributed by atoms with Gasteiger partial charge in [-0.15, -0.1) is 0 Å². The van der Waals surface area contributed by atoms with Crippen LogP contribution >= 0.6 is 0 Å². The molecule has 0 spiro atoms. The van der Waals surface area contributed by atoms with Crippen LogP contribution in [0.1, 0.15) is 27.8 Å². The third-order valence-electron chi connectivity index (χ3n) is 7.56. The molecule has 1 atom stereocenters. The molecule has 1 saturated heterocycles. The van der Waals surface area contributed by atoms with Crippen molar-refractivity contribution in [2.24, 2.45) is 0 Å². The average Bonchev–Trinajstić information content (AvgIpc) is 3.21. The molecule has 35 heavy (non-hydrogen) atoms.